The van der Waals surface area contributed by atoms with Gasteiger partial charge in [-0.15, -0.1) is 11.8 Å². The van der Waals surface area contributed by atoms with Crippen molar-refractivity contribution in [1.29, 1.82) is 0 Å². The van der Waals surface area contributed by atoms with Crippen LogP contribution in [0.3, 0.4) is 0 Å². The molecule has 1 N–H and O–H groups in total. The molecule has 0 aliphatic carbocycles. The average molecular weight is 485 g/mol. The first-order valence-corrected chi connectivity index (χ1v) is 12.5. The molecule has 4 aromatic rings. The molecule has 35 heavy (non-hydrogen) atoms. The fraction of sp³-hybridized carbons (Fsp3) is 0.185. The van der Waals surface area contributed by atoms with Gasteiger partial charge in [0.1, 0.15) is 24.2 Å². The summed E-state index contributed by atoms with van der Waals surface area (Å²) in [6, 6.07) is 22.3. The van der Waals surface area contributed by atoms with E-state index in [9.17, 15) is 0 Å². The van der Waals surface area contributed by atoms with Crippen LogP contribution in [0.4, 0.5) is 5.95 Å². The normalized spacial score (nSPS) is 18.0. The van der Waals surface area contributed by atoms with Gasteiger partial charge in [-0.05, 0) is 53.8 Å². The molecular weight excluding hydrogens is 460 g/mol. The lowest BCUT2D eigenvalue weighted by Gasteiger charge is -2.39. The first kappa shape index (κ1) is 21.6. The largest absolute Gasteiger partial charge is 0.493 e. The quantitative estimate of drug-likeness (QED) is 0.371. The van der Waals surface area contributed by atoms with Crippen molar-refractivity contribution in [2.75, 3.05) is 25.8 Å². The SMILES string of the molecule is COc1ccc([C@@H]2C3=C(Nc4ncnn42)c2ccccc2O[C@@H]3c2ccc(SC)cc2)cc1OC. The van der Waals surface area contributed by atoms with Crippen LogP contribution in [0, 0.1) is 0 Å². The molecule has 2 atom stereocenters. The maximum Gasteiger partial charge on any atom is 0.226 e. The minimum absolute atomic E-state index is 0.262. The highest BCUT2D eigenvalue weighted by Gasteiger charge is 2.41. The third-order valence-electron chi connectivity index (χ3n) is 6.46. The Hall–Kier alpha value is -3.91. The van der Waals surface area contributed by atoms with Crippen molar-refractivity contribution < 1.29 is 14.2 Å². The first-order valence-electron chi connectivity index (χ1n) is 11.2. The van der Waals surface area contributed by atoms with Gasteiger partial charge in [0.25, 0.3) is 0 Å². The van der Waals surface area contributed by atoms with E-state index in [-0.39, 0.29) is 12.1 Å². The number of benzene rings is 3. The zero-order valence-corrected chi connectivity index (χ0v) is 20.4. The number of aromatic nitrogens is 3. The van der Waals surface area contributed by atoms with Crippen molar-refractivity contribution >= 4 is 23.4 Å². The predicted molar refractivity (Wildman–Crippen MR) is 136 cm³/mol. The minimum Gasteiger partial charge on any atom is -0.493 e. The molecule has 176 valence electrons. The molecule has 0 amide bonds. The number of methoxy groups -OCH3 is 2. The molecule has 3 heterocycles. The highest BCUT2D eigenvalue weighted by Crippen LogP contribution is 2.51. The highest BCUT2D eigenvalue weighted by molar-refractivity contribution is 7.98. The number of thioether (sulfide) groups is 1. The third kappa shape index (κ3) is 3.52. The molecule has 0 unspecified atom stereocenters. The van der Waals surface area contributed by atoms with Crippen molar-refractivity contribution in [3.8, 4) is 17.2 Å². The molecule has 0 spiro atoms. The van der Waals surface area contributed by atoms with Crippen LogP contribution in [0.1, 0.15) is 28.8 Å². The third-order valence-corrected chi connectivity index (χ3v) is 7.21. The zero-order chi connectivity index (χ0) is 23.9. The summed E-state index contributed by atoms with van der Waals surface area (Å²) in [7, 11) is 3.28. The van der Waals surface area contributed by atoms with Gasteiger partial charge in [-0.2, -0.15) is 10.1 Å². The molecule has 3 aromatic carbocycles. The molecule has 0 bridgehead atoms. The van der Waals surface area contributed by atoms with E-state index in [1.54, 1.807) is 32.3 Å². The van der Waals surface area contributed by atoms with E-state index in [2.05, 4.69) is 52.0 Å². The molecule has 1 aromatic heterocycles. The monoisotopic (exact) mass is 484 g/mol. The van der Waals surface area contributed by atoms with E-state index in [0.29, 0.717) is 17.4 Å². The molecular formula is C27H24N4O3S. The lowest BCUT2D eigenvalue weighted by molar-refractivity contribution is 0.223. The molecule has 0 radical (unpaired) electrons. The van der Waals surface area contributed by atoms with Crippen LogP contribution >= 0.6 is 11.8 Å². The number of hydrogen-bond acceptors (Lipinski definition) is 7. The Morgan fingerprint density at radius 1 is 0.943 bits per heavy atom. The summed E-state index contributed by atoms with van der Waals surface area (Å²) in [5.41, 5.74) is 5.12. The van der Waals surface area contributed by atoms with E-state index >= 15 is 0 Å². The van der Waals surface area contributed by atoms with E-state index in [4.69, 9.17) is 14.2 Å². The minimum atomic E-state index is -0.321. The summed E-state index contributed by atoms with van der Waals surface area (Å²) >= 11 is 1.72. The van der Waals surface area contributed by atoms with Gasteiger partial charge in [0.15, 0.2) is 11.5 Å². The van der Waals surface area contributed by atoms with E-state index in [1.807, 2.05) is 41.1 Å². The maximum atomic E-state index is 6.68. The Kier molecular flexibility index (Phi) is 5.37. The standard InChI is InChI=1S/C27H24N4O3S/c1-32-21-13-10-17(14-22(21)33-2)25-23-24(30-27-28-15-29-31(25)27)19-6-4-5-7-20(19)34-26(23)16-8-11-18(35-3)12-9-16/h4-15,25-26H,1-3H3,(H,28,29,30)/t25-,26-/m1/s1. The van der Waals surface area contributed by atoms with Crippen LogP contribution in [0.25, 0.3) is 5.70 Å². The molecule has 0 fully saturated rings. The lowest BCUT2D eigenvalue weighted by atomic mass is 9.84. The highest BCUT2D eigenvalue weighted by atomic mass is 32.2. The number of nitrogens with zero attached hydrogens (tertiary/aromatic N) is 3. The molecule has 0 saturated heterocycles. The zero-order valence-electron chi connectivity index (χ0n) is 19.6. The van der Waals surface area contributed by atoms with Gasteiger partial charge in [0.05, 0.1) is 19.9 Å². The Bertz CT molecular complexity index is 1430. The van der Waals surface area contributed by atoms with Gasteiger partial charge < -0.3 is 19.5 Å². The molecule has 2 aliphatic rings. The van der Waals surface area contributed by atoms with Crippen LogP contribution in [0.5, 0.6) is 17.2 Å². The molecule has 6 rings (SSSR count). The topological polar surface area (TPSA) is 70.4 Å². The number of fused-ring (bicyclic) bond motifs is 3. The molecule has 2 aliphatic heterocycles. The Balaban J connectivity index is 1.59. The number of hydrogen-bond donors (Lipinski definition) is 1. The van der Waals surface area contributed by atoms with E-state index in [1.165, 1.54) is 4.90 Å². The predicted octanol–water partition coefficient (Wildman–Crippen LogP) is 5.58. The Labute approximate surface area is 207 Å². The van der Waals surface area contributed by atoms with Crippen molar-refractivity contribution in [3.63, 3.8) is 0 Å². The number of nitrogens with one attached hydrogen (secondary N) is 1. The van der Waals surface area contributed by atoms with Gasteiger partial charge in [-0.1, -0.05) is 30.3 Å². The summed E-state index contributed by atoms with van der Waals surface area (Å²) in [4.78, 5) is 5.70. The number of ether oxygens (including phenoxy) is 3. The summed E-state index contributed by atoms with van der Waals surface area (Å²) in [6.07, 6.45) is 3.33. The summed E-state index contributed by atoms with van der Waals surface area (Å²) in [6.45, 7) is 0. The smallest absolute Gasteiger partial charge is 0.226 e. The first-order chi connectivity index (χ1) is 17.2. The van der Waals surface area contributed by atoms with E-state index < -0.39 is 0 Å². The lowest BCUT2D eigenvalue weighted by Crippen LogP contribution is -2.32. The van der Waals surface area contributed by atoms with Gasteiger partial charge in [0.2, 0.25) is 5.95 Å². The van der Waals surface area contributed by atoms with Crippen LogP contribution < -0.4 is 19.5 Å². The fourth-order valence-electron chi connectivity index (χ4n) is 4.81. The summed E-state index contributed by atoms with van der Waals surface area (Å²) in [5, 5.41) is 8.13. The number of anilines is 1. The van der Waals surface area contributed by atoms with Gasteiger partial charge in [-0.25, -0.2) is 4.68 Å². The number of rotatable bonds is 5. The van der Waals surface area contributed by atoms with Crippen molar-refractivity contribution in [2.24, 2.45) is 0 Å². The average Bonchev–Trinajstić information content (AvgIpc) is 3.39. The number of para-hydroxylation sites is 1. The van der Waals surface area contributed by atoms with Gasteiger partial charge >= 0.3 is 0 Å². The van der Waals surface area contributed by atoms with Crippen LogP contribution in [0.2, 0.25) is 0 Å². The Morgan fingerprint density at radius 3 is 2.49 bits per heavy atom. The van der Waals surface area contributed by atoms with Gasteiger partial charge in [0, 0.05) is 16.0 Å². The summed E-state index contributed by atoms with van der Waals surface area (Å²) < 4.78 is 19.7. The van der Waals surface area contributed by atoms with Crippen LogP contribution in [-0.4, -0.2) is 35.2 Å². The van der Waals surface area contributed by atoms with Crippen molar-refractivity contribution in [2.45, 2.75) is 17.0 Å². The second-order valence-corrected chi connectivity index (χ2v) is 9.15. The maximum absolute atomic E-state index is 6.68. The van der Waals surface area contributed by atoms with Crippen molar-refractivity contribution in [3.05, 3.63) is 95.3 Å². The molecule has 8 heteroatoms. The van der Waals surface area contributed by atoms with Crippen LogP contribution in [-0.2, 0) is 0 Å². The second-order valence-electron chi connectivity index (χ2n) is 8.27. The van der Waals surface area contributed by atoms with Crippen molar-refractivity contribution in [1.82, 2.24) is 14.8 Å². The Morgan fingerprint density at radius 2 is 1.71 bits per heavy atom. The van der Waals surface area contributed by atoms with E-state index in [0.717, 1.165) is 33.7 Å². The second kappa shape index (κ2) is 8.70. The molecule has 7 nitrogen and oxygen atoms in total. The van der Waals surface area contributed by atoms with Crippen LogP contribution in [0.15, 0.2) is 83.5 Å². The molecule has 0 saturated carbocycles. The fourth-order valence-corrected chi connectivity index (χ4v) is 5.22. The van der Waals surface area contributed by atoms with Gasteiger partial charge in [-0.3, -0.25) is 0 Å². The summed E-state index contributed by atoms with van der Waals surface area (Å²) in [5.74, 6) is 2.84.